The second-order valence-electron chi connectivity index (χ2n) is 9.03. The van der Waals surface area contributed by atoms with E-state index >= 15 is 0 Å². The summed E-state index contributed by atoms with van der Waals surface area (Å²) in [5.41, 5.74) is 2.06. The third-order valence-corrected chi connectivity index (χ3v) is 8.46. The van der Waals surface area contributed by atoms with Crippen LogP contribution in [0.15, 0.2) is 71.6 Å². The highest BCUT2D eigenvalue weighted by molar-refractivity contribution is 7.89. The Hall–Kier alpha value is -2.44. The molecule has 32 heavy (non-hydrogen) atoms. The van der Waals surface area contributed by atoms with Crippen molar-refractivity contribution in [2.75, 3.05) is 0 Å². The van der Waals surface area contributed by atoms with Gasteiger partial charge in [-0.3, -0.25) is 4.79 Å². The topological polar surface area (TPSA) is 83.5 Å². The summed E-state index contributed by atoms with van der Waals surface area (Å²) in [4.78, 5) is 10.9. The Kier molecular flexibility index (Phi) is 7.11. The summed E-state index contributed by atoms with van der Waals surface area (Å²) in [7, 11) is -3.59. The van der Waals surface area contributed by atoms with E-state index in [2.05, 4.69) is 10.8 Å². The molecule has 2 N–H and O–H groups in total. The molecule has 0 heterocycles. The number of aliphatic carboxylic acids is 1. The van der Waals surface area contributed by atoms with Crippen molar-refractivity contribution in [2.45, 2.75) is 55.9 Å². The number of hydrogen-bond donors (Lipinski definition) is 2. The van der Waals surface area contributed by atoms with Gasteiger partial charge < -0.3 is 5.11 Å². The van der Waals surface area contributed by atoms with Crippen LogP contribution in [0.3, 0.4) is 0 Å². The minimum Gasteiger partial charge on any atom is -0.481 e. The lowest BCUT2D eigenvalue weighted by Crippen LogP contribution is -2.43. The number of benzene rings is 2. The predicted octanol–water partition coefficient (Wildman–Crippen LogP) is 5.25. The molecule has 0 saturated heterocycles. The van der Waals surface area contributed by atoms with Crippen LogP contribution in [-0.4, -0.2) is 25.5 Å². The minimum absolute atomic E-state index is 0.0313. The van der Waals surface area contributed by atoms with Crippen molar-refractivity contribution in [1.82, 2.24) is 4.72 Å². The second-order valence-corrected chi connectivity index (χ2v) is 10.7. The summed E-state index contributed by atoms with van der Waals surface area (Å²) >= 11 is 0. The normalized spacial score (nSPS) is 24.9. The fourth-order valence-corrected chi connectivity index (χ4v) is 6.74. The average molecular weight is 454 g/mol. The minimum atomic E-state index is -3.59. The van der Waals surface area contributed by atoms with Gasteiger partial charge in [0.2, 0.25) is 10.0 Å². The first kappa shape index (κ1) is 22.7. The molecule has 2 bridgehead atoms. The summed E-state index contributed by atoms with van der Waals surface area (Å²) in [6, 6.07) is 17.0. The second kappa shape index (κ2) is 10.0. The van der Waals surface area contributed by atoms with Crippen molar-refractivity contribution >= 4 is 16.0 Å². The molecule has 4 rings (SSSR count). The SMILES string of the molecule is O=C(O)CCC/C=C\C[C@H]1[C@@H]2CC[C@@H](C2)[C@@H]1NS(=O)(=O)c1ccc(-c2ccccc2)cc1. The number of carbonyl (C=O) groups is 1. The summed E-state index contributed by atoms with van der Waals surface area (Å²) in [5, 5.41) is 8.73. The number of fused-ring (bicyclic) bond motifs is 2. The molecule has 0 spiro atoms. The van der Waals surface area contributed by atoms with Crippen molar-refractivity contribution < 1.29 is 18.3 Å². The van der Waals surface area contributed by atoms with Crippen LogP contribution in [0.25, 0.3) is 11.1 Å². The van der Waals surface area contributed by atoms with E-state index < -0.39 is 16.0 Å². The molecule has 0 amide bonds. The van der Waals surface area contributed by atoms with Crippen molar-refractivity contribution in [3.63, 3.8) is 0 Å². The van der Waals surface area contributed by atoms with Crippen molar-refractivity contribution in [2.24, 2.45) is 17.8 Å². The van der Waals surface area contributed by atoms with Gasteiger partial charge in [0.15, 0.2) is 0 Å². The van der Waals surface area contributed by atoms with Crippen LogP contribution in [0.5, 0.6) is 0 Å². The number of nitrogens with one attached hydrogen (secondary N) is 1. The predicted molar refractivity (Wildman–Crippen MR) is 126 cm³/mol. The fraction of sp³-hybridized carbons (Fsp3) is 0.423. The van der Waals surface area contributed by atoms with E-state index in [9.17, 15) is 13.2 Å². The summed E-state index contributed by atoms with van der Waals surface area (Å²) in [6.07, 6.45) is 9.92. The monoisotopic (exact) mass is 453 g/mol. The van der Waals surface area contributed by atoms with Crippen molar-refractivity contribution in [3.05, 3.63) is 66.7 Å². The molecule has 0 aromatic heterocycles. The molecule has 4 atom stereocenters. The van der Waals surface area contributed by atoms with Gasteiger partial charge in [0, 0.05) is 12.5 Å². The van der Waals surface area contributed by atoms with Crippen molar-refractivity contribution in [3.8, 4) is 11.1 Å². The van der Waals surface area contributed by atoms with Gasteiger partial charge in [0.25, 0.3) is 0 Å². The van der Waals surface area contributed by atoms with E-state index in [-0.39, 0.29) is 12.5 Å². The highest BCUT2D eigenvalue weighted by Crippen LogP contribution is 2.50. The molecule has 2 fully saturated rings. The molecule has 6 heteroatoms. The molecule has 2 aromatic carbocycles. The van der Waals surface area contributed by atoms with Crippen LogP contribution in [-0.2, 0) is 14.8 Å². The maximum atomic E-state index is 13.2. The number of hydrogen-bond acceptors (Lipinski definition) is 3. The first-order valence-electron chi connectivity index (χ1n) is 11.5. The van der Waals surface area contributed by atoms with Gasteiger partial charge in [-0.15, -0.1) is 0 Å². The van der Waals surface area contributed by atoms with E-state index in [0.29, 0.717) is 29.1 Å². The van der Waals surface area contributed by atoms with Crippen LogP contribution >= 0.6 is 0 Å². The van der Waals surface area contributed by atoms with Gasteiger partial charge in [0.1, 0.15) is 0 Å². The number of sulfonamides is 1. The summed E-state index contributed by atoms with van der Waals surface area (Å²) < 4.78 is 29.3. The Morgan fingerprint density at radius 1 is 0.969 bits per heavy atom. The molecule has 2 aromatic rings. The quantitative estimate of drug-likeness (QED) is 0.380. The van der Waals surface area contributed by atoms with Gasteiger partial charge in [-0.25, -0.2) is 13.1 Å². The largest absolute Gasteiger partial charge is 0.481 e. The molecular formula is C26H31NO4S. The van der Waals surface area contributed by atoms with E-state index in [1.165, 1.54) is 6.42 Å². The third-order valence-electron chi connectivity index (χ3n) is 6.99. The Bertz CT molecular complexity index is 1050. The zero-order valence-corrected chi connectivity index (χ0v) is 19.0. The zero-order chi connectivity index (χ0) is 22.6. The number of unbranched alkanes of at least 4 members (excludes halogenated alkanes) is 1. The van der Waals surface area contributed by atoms with Gasteiger partial charge in [-0.2, -0.15) is 0 Å². The molecule has 0 unspecified atom stereocenters. The van der Waals surface area contributed by atoms with Gasteiger partial charge in [-0.05, 0) is 79.5 Å². The molecule has 2 aliphatic rings. The lowest BCUT2D eigenvalue weighted by atomic mass is 9.83. The zero-order valence-electron chi connectivity index (χ0n) is 18.2. The highest BCUT2D eigenvalue weighted by Gasteiger charge is 2.48. The van der Waals surface area contributed by atoms with Gasteiger partial charge >= 0.3 is 5.97 Å². The molecular weight excluding hydrogens is 422 g/mol. The van der Waals surface area contributed by atoms with E-state index in [4.69, 9.17) is 5.11 Å². The lowest BCUT2D eigenvalue weighted by Gasteiger charge is -2.31. The highest BCUT2D eigenvalue weighted by atomic mass is 32.2. The van der Waals surface area contributed by atoms with Gasteiger partial charge in [-0.1, -0.05) is 54.6 Å². The Morgan fingerprint density at radius 3 is 2.38 bits per heavy atom. The molecule has 2 aliphatic carbocycles. The van der Waals surface area contributed by atoms with Crippen LogP contribution in [0.4, 0.5) is 0 Å². The number of carboxylic acids is 1. The smallest absolute Gasteiger partial charge is 0.303 e. The standard InChI is InChI=1S/C26H31NO4S/c28-25(29)11-7-2-1-6-10-24-21-12-13-22(18-21)26(24)27-32(30,31)23-16-14-20(15-17-23)19-8-4-3-5-9-19/h1,3-6,8-9,14-17,21-22,24,26-27H,2,7,10-13,18H2,(H,28,29)/b6-1-/t21-,22+,24+,26+/m1/s1. The van der Waals surface area contributed by atoms with Crippen LogP contribution in [0.2, 0.25) is 0 Å². The van der Waals surface area contributed by atoms with Crippen molar-refractivity contribution in [1.29, 1.82) is 0 Å². The summed E-state index contributed by atoms with van der Waals surface area (Å²) in [6.45, 7) is 0. The lowest BCUT2D eigenvalue weighted by molar-refractivity contribution is -0.137. The maximum absolute atomic E-state index is 13.2. The Balaban J connectivity index is 1.40. The van der Waals surface area contributed by atoms with Crippen LogP contribution < -0.4 is 4.72 Å². The molecule has 2 saturated carbocycles. The van der Waals surface area contributed by atoms with E-state index in [1.54, 1.807) is 12.1 Å². The Labute approximate surface area is 190 Å². The molecule has 170 valence electrons. The van der Waals surface area contributed by atoms with Crippen LogP contribution in [0.1, 0.15) is 44.9 Å². The average Bonchev–Trinajstić information content (AvgIpc) is 3.39. The van der Waals surface area contributed by atoms with Crippen LogP contribution in [0, 0.1) is 17.8 Å². The number of carboxylic acid groups (broad SMARTS) is 1. The molecule has 0 aliphatic heterocycles. The maximum Gasteiger partial charge on any atom is 0.303 e. The van der Waals surface area contributed by atoms with E-state index in [1.807, 2.05) is 48.5 Å². The number of rotatable bonds is 10. The first-order valence-corrected chi connectivity index (χ1v) is 13.0. The number of allylic oxidation sites excluding steroid dienone is 2. The summed E-state index contributed by atoms with van der Waals surface area (Å²) in [5.74, 6) is 0.515. The molecule has 5 nitrogen and oxygen atoms in total. The first-order chi connectivity index (χ1) is 15.4. The van der Waals surface area contributed by atoms with E-state index in [0.717, 1.165) is 36.8 Å². The third kappa shape index (κ3) is 5.30. The van der Waals surface area contributed by atoms with Gasteiger partial charge in [0.05, 0.1) is 4.90 Å². The molecule has 0 radical (unpaired) electrons. The fourth-order valence-electron chi connectivity index (χ4n) is 5.38. The Morgan fingerprint density at radius 2 is 1.66 bits per heavy atom.